The van der Waals surface area contributed by atoms with E-state index in [9.17, 15) is 9.90 Å². The second-order valence-corrected chi connectivity index (χ2v) is 4.79. The third-order valence-electron chi connectivity index (χ3n) is 3.55. The van der Waals surface area contributed by atoms with Crippen molar-refractivity contribution in [2.24, 2.45) is 0 Å². The lowest BCUT2D eigenvalue weighted by Gasteiger charge is -2.12. The molecule has 0 unspecified atom stereocenters. The van der Waals surface area contributed by atoms with Crippen molar-refractivity contribution in [2.45, 2.75) is 13.0 Å². The first-order valence-corrected chi connectivity index (χ1v) is 6.57. The number of carbonyl (C=O) groups is 1. The van der Waals surface area contributed by atoms with Gasteiger partial charge in [-0.15, -0.1) is 0 Å². The smallest absolute Gasteiger partial charge is 0.337 e. The van der Waals surface area contributed by atoms with Gasteiger partial charge in [0.1, 0.15) is 5.52 Å². The first kappa shape index (κ1) is 13.5. The monoisotopic (exact) mass is 282 g/mol. The molecule has 3 rings (SSSR count). The van der Waals surface area contributed by atoms with Crippen molar-refractivity contribution in [3.63, 3.8) is 0 Å². The zero-order chi connectivity index (χ0) is 15.0. The Hall–Kier alpha value is -2.53. The van der Waals surface area contributed by atoms with Crippen molar-refractivity contribution in [2.75, 3.05) is 7.11 Å². The molecule has 0 aliphatic carbocycles. The highest BCUT2D eigenvalue weighted by molar-refractivity contribution is 6.02. The number of hydrogen-bond acceptors (Lipinski definition) is 4. The zero-order valence-electron chi connectivity index (χ0n) is 11.7. The SMILES string of the molecule is CO[C@@H](C)c1cccc2nc3c(C(=O)O)cccc3nc12. The molecule has 1 aromatic heterocycles. The van der Waals surface area contributed by atoms with Crippen molar-refractivity contribution >= 4 is 28.0 Å². The van der Waals surface area contributed by atoms with Crippen LogP contribution >= 0.6 is 0 Å². The highest BCUT2D eigenvalue weighted by Crippen LogP contribution is 2.26. The molecule has 0 fully saturated rings. The highest BCUT2D eigenvalue weighted by atomic mass is 16.5. The number of para-hydroxylation sites is 2. The Morgan fingerprint density at radius 3 is 2.38 bits per heavy atom. The molecule has 5 nitrogen and oxygen atoms in total. The Labute approximate surface area is 121 Å². The lowest BCUT2D eigenvalue weighted by atomic mass is 10.1. The predicted octanol–water partition coefficient (Wildman–Crippen LogP) is 3.19. The number of aromatic nitrogens is 2. The number of aromatic carboxylic acids is 1. The van der Waals surface area contributed by atoms with Crippen molar-refractivity contribution < 1.29 is 14.6 Å². The van der Waals surface area contributed by atoms with Gasteiger partial charge in [0, 0.05) is 12.7 Å². The molecule has 3 aromatic rings. The van der Waals surface area contributed by atoms with E-state index in [1.54, 1.807) is 19.2 Å². The van der Waals surface area contributed by atoms with Crippen LogP contribution in [0.3, 0.4) is 0 Å². The van der Waals surface area contributed by atoms with Crippen LogP contribution in [0.2, 0.25) is 0 Å². The molecule has 0 saturated carbocycles. The van der Waals surface area contributed by atoms with Gasteiger partial charge >= 0.3 is 5.97 Å². The number of rotatable bonds is 3. The molecule has 2 aromatic carbocycles. The van der Waals surface area contributed by atoms with Crippen LogP contribution in [0.1, 0.15) is 28.9 Å². The lowest BCUT2D eigenvalue weighted by Crippen LogP contribution is -2.02. The standard InChI is InChI=1S/C16H14N2O3/c1-9(21-2)10-5-3-7-12-14(10)17-13-8-4-6-11(16(19)20)15(13)18-12/h3-9H,1-2H3,(H,19,20)/t9-/m0/s1. The number of methoxy groups -OCH3 is 1. The van der Waals surface area contributed by atoms with E-state index in [1.165, 1.54) is 6.07 Å². The predicted molar refractivity (Wildman–Crippen MR) is 79.4 cm³/mol. The number of carboxylic acid groups (broad SMARTS) is 1. The number of ether oxygens (including phenoxy) is 1. The van der Waals surface area contributed by atoms with E-state index >= 15 is 0 Å². The second-order valence-electron chi connectivity index (χ2n) is 4.79. The van der Waals surface area contributed by atoms with Gasteiger partial charge < -0.3 is 9.84 Å². The van der Waals surface area contributed by atoms with Crippen LogP contribution in [0.4, 0.5) is 0 Å². The summed E-state index contributed by atoms with van der Waals surface area (Å²) in [5.74, 6) is -1.00. The molecule has 0 saturated heterocycles. The van der Waals surface area contributed by atoms with Crippen LogP contribution in [0.25, 0.3) is 22.1 Å². The highest BCUT2D eigenvalue weighted by Gasteiger charge is 2.15. The van der Waals surface area contributed by atoms with Gasteiger partial charge in [0.2, 0.25) is 0 Å². The van der Waals surface area contributed by atoms with E-state index in [4.69, 9.17) is 4.74 Å². The number of fused-ring (bicyclic) bond motifs is 2. The average Bonchev–Trinajstić information content (AvgIpc) is 2.50. The Morgan fingerprint density at radius 2 is 1.71 bits per heavy atom. The second kappa shape index (κ2) is 5.10. The van der Waals surface area contributed by atoms with Crippen molar-refractivity contribution in [1.82, 2.24) is 9.97 Å². The minimum atomic E-state index is -1.00. The molecule has 106 valence electrons. The summed E-state index contributed by atoms with van der Waals surface area (Å²) in [7, 11) is 1.64. The fourth-order valence-corrected chi connectivity index (χ4v) is 2.37. The Bertz CT molecular complexity index is 845. The average molecular weight is 282 g/mol. The van der Waals surface area contributed by atoms with Gasteiger partial charge in [-0.05, 0) is 25.1 Å². The summed E-state index contributed by atoms with van der Waals surface area (Å²) in [5.41, 5.74) is 3.47. The summed E-state index contributed by atoms with van der Waals surface area (Å²) in [6, 6.07) is 10.6. The van der Waals surface area contributed by atoms with Gasteiger partial charge in [-0.3, -0.25) is 0 Å². The molecule has 0 spiro atoms. The molecule has 1 heterocycles. The number of nitrogens with zero attached hydrogens (tertiary/aromatic N) is 2. The van der Waals surface area contributed by atoms with Crippen LogP contribution in [0.15, 0.2) is 36.4 Å². The molecule has 21 heavy (non-hydrogen) atoms. The van der Waals surface area contributed by atoms with Crippen LogP contribution in [-0.2, 0) is 4.74 Å². The van der Waals surface area contributed by atoms with Gasteiger partial charge in [0.25, 0.3) is 0 Å². The first-order valence-electron chi connectivity index (χ1n) is 6.57. The molecule has 1 N–H and O–H groups in total. The zero-order valence-corrected chi connectivity index (χ0v) is 11.7. The van der Waals surface area contributed by atoms with Crippen LogP contribution in [0, 0.1) is 0 Å². The van der Waals surface area contributed by atoms with Gasteiger partial charge in [-0.25, -0.2) is 14.8 Å². The molecular weight excluding hydrogens is 268 g/mol. The molecule has 0 radical (unpaired) electrons. The normalized spacial score (nSPS) is 12.7. The van der Waals surface area contributed by atoms with E-state index in [0.717, 1.165) is 11.1 Å². The maximum Gasteiger partial charge on any atom is 0.337 e. The Balaban J connectivity index is 2.37. The Kier molecular flexibility index (Phi) is 3.27. The van der Waals surface area contributed by atoms with Gasteiger partial charge in [-0.2, -0.15) is 0 Å². The van der Waals surface area contributed by atoms with Gasteiger partial charge in [0.15, 0.2) is 0 Å². The van der Waals surface area contributed by atoms with Crippen molar-refractivity contribution in [1.29, 1.82) is 0 Å². The maximum absolute atomic E-state index is 11.3. The summed E-state index contributed by atoms with van der Waals surface area (Å²) < 4.78 is 5.36. The minimum absolute atomic E-state index is 0.108. The molecule has 1 atom stereocenters. The first-order chi connectivity index (χ1) is 10.1. The summed E-state index contributed by atoms with van der Waals surface area (Å²) in [6.45, 7) is 1.94. The number of carboxylic acids is 1. The molecule has 0 aliphatic rings. The summed E-state index contributed by atoms with van der Waals surface area (Å²) >= 11 is 0. The fourth-order valence-electron chi connectivity index (χ4n) is 2.37. The van der Waals surface area contributed by atoms with Gasteiger partial charge in [-0.1, -0.05) is 18.2 Å². The van der Waals surface area contributed by atoms with Crippen LogP contribution in [-0.4, -0.2) is 28.2 Å². The number of benzene rings is 2. The third kappa shape index (κ3) is 2.21. The minimum Gasteiger partial charge on any atom is -0.478 e. The van der Waals surface area contributed by atoms with Gasteiger partial charge in [0.05, 0.1) is 28.2 Å². The van der Waals surface area contributed by atoms with Crippen molar-refractivity contribution in [3.05, 3.63) is 47.5 Å². The van der Waals surface area contributed by atoms with Crippen molar-refractivity contribution in [3.8, 4) is 0 Å². The molecule has 0 bridgehead atoms. The van der Waals surface area contributed by atoms with E-state index in [1.807, 2.05) is 25.1 Å². The largest absolute Gasteiger partial charge is 0.478 e. The lowest BCUT2D eigenvalue weighted by molar-refractivity contribution is 0.0699. The molecule has 0 amide bonds. The summed E-state index contributed by atoms with van der Waals surface area (Å²) in [4.78, 5) is 20.3. The van der Waals surface area contributed by atoms with E-state index in [-0.39, 0.29) is 11.7 Å². The van der Waals surface area contributed by atoms with Crippen LogP contribution in [0.5, 0.6) is 0 Å². The molecular formula is C16H14N2O3. The molecule has 0 aliphatic heterocycles. The van der Waals surface area contributed by atoms with Crippen LogP contribution < -0.4 is 0 Å². The quantitative estimate of drug-likeness (QED) is 0.747. The van der Waals surface area contributed by atoms with E-state index in [0.29, 0.717) is 16.6 Å². The Morgan fingerprint density at radius 1 is 1.10 bits per heavy atom. The topological polar surface area (TPSA) is 72.3 Å². The fraction of sp³-hybridized carbons (Fsp3) is 0.188. The number of hydrogen-bond donors (Lipinski definition) is 1. The third-order valence-corrected chi connectivity index (χ3v) is 3.55. The maximum atomic E-state index is 11.3. The van der Waals surface area contributed by atoms with E-state index in [2.05, 4.69) is 9.97 Å². The molecule has 5 heteroatoms. The summed E-state index contributed by atoms with van der Waals surface area (Å²) in [6.07, 6.45) is -0.108. The summed E-state index contributed by atoms with van der Waals surface area (Å²) in [5, 5.41) is 9.25. The van der Waals surface area contributed by atoms with E-state index < -0.39 is 5.97 Å².